The number of likely N-dealkylation sites (tertiary alicyclic amines) is 1. The lowest BCUT2D eigenvalue weighted by Gasteiger charge is -2.13. The van der Waals surface area contributed by atoms with Gasteiger partial charge in [0.05, 0.1) is 7.05 Å². The van der Waals surface area contributed by atoms with Gasteiger partial charge in [-0.1, -0.05) is 0 Å². The standard InChI is InChI=1S/C12H16N4O3/c1-14-6-4-3-5-9(12(14)17)7-10-13-8-11(15(10)2)16(18)19/h7-8H,3-6H2,1-2H3. The first-order valence-electron chi connectivity index (χ1n) is 6.13. The molecule has 7 heteroatoms. The Morgan fingerprint density at radius 3 is 2.79 bits per heavy atom. The highest BCUT2D eigenvalue weighted by atomic mass is 16.6. The molecular formula is C12H16N4O3. The van der Waals surface area contributed by atoms with E-state index in [0.29, 0.717) is 17.8 Å². The number of amides is 1. The minimum atomic E-state index is -0.490. The van der Waals surface area contributed by atoms with Crippen LogP contribution in [0.15, 0.2) is 11.8 Å². The fourth-order valence-corrected chi connectivity index (χ4v) is 2.13. The van der Waals surface area contributed by atoms with Gasteiger partial charge in [-0.3, -0.25) is 4.79 Å². The molecule has 0 aliphatic carbocycles. The average Bonchev–Trinajstić information content (AvgIpc) is 2.65. The van der Waals surface area contributed by atoms with Crippen molar-refractivity contribution in [2.75, 3.05) is 13.6 Å². The van der Waals surface area contributed by atoms with Crippen LogP contribution in [0.25, 0.3) is 6.08 Å². The third-order valence-corrected chi connectivity index (χ3v) is 3.30. The summed E-state index contributed by atoms with van der Waals surface area (Å²) in [4.78, 5) is 28.0. The number of hydrogen-bond acceptors (Lipinski definition) is 4. The summed E-state index contributed by atoms with van der Waals surface area (Å²) in [6, 6.07) is 0. The minimum Gasteiger partial charge on any atom is -0.358 e. The van der Waals surface area contributed by atoms with E-state index in [1.165, 1.54) is 10.8 Å². The number of carbonyl (C=O) groups excluding carboxylic acids is 1. The van der Waals surface area contributed by atoms with Crippen molar-refractivity contribution in [1.29, 1.82) is 0 Å². The van der Waals surface area contributed by atoms with Crippen LogP contribution in [0.5, 0.6) is 0 Å². The summed E-state index contributed by atoms with van der Waals surface area (Å²) < 4.78 is 1.38. The number of carbonyl (C=O) groups is 1. The second-order valence-corrected chi connectivity index (χ2v) is 4.64. The Hall–Kier alpha value is -2.18. The summed E-state index contributed by atoms with van der Waals surface area (Å²) in [5.41, 5.74) is 0.656. The van der Waals surface area contributed by atoms with Crippen LogP contribution in [0, 0.1) is 10.1 Å². The summed E-state index contributed by atoms with van der Waals surface area (Å²) in [5, 5.41) is 10.7. The van der Waals surface area contributed by atoms with Crippen LogP contribution in [-0.2, 0) is 11.8 Å². The van der Waals surface area contributed by atoms with E-state index in [-0.39, 0.29) is 11.7 Å². The maximum absolute atomic E-state index is 12.1. The molecule has 2 rings (SSSR count). The van der Waals surface area contributed by atoms with Crippen molar-refractivity contribution in [3.63, 3.8) is 0 Å². The molecule has 1 fully saturated rings. The number of rotatable bonds is 2. The molecule has 0 spiro atoms. The predicted molar refractivity (Wildman–Crippen MR) is 69.3 cm³/mol. The molecule has 1 aliphatic rings. The van der Waals surface area contributed by atoms with Crippen LogP contribution in [0.4, 0.5) is 5.82 Å². The second kappa shape index (κ2) is 5.21. The largest absolute Gasteiger partial charge is 0.358 e. The van der Waals surface area contributed by atoms with Crippen molar-refractivity contribution in [3.05, 3.63) is 27.7 Å². The molecule has 0 saturated carbocycles. The SMILES string of the molecule is CN1CCCCC(=Cc2ncc([N+](=O)[O-])n2C)C1=O. The van der Waals surface area contributed by atoms with E-state index >= 15 is 0 Å². The van der Waals surface area contributed by atoms with Gasteiger partial charge in [-0.15, -0.1) is 0 Å². The molecule has 1 saturated heterocycles. The summed E-state index contributed by atoms with van der Waals surface area (Å²) >= 11 is 0. The van der Waals surface area contributed by atoms with Crippen molar-refractivity contribution >= 4 is 17.8 Å². The summed E-state index contributed by atoms with van der Waals surface area (Å²) in [7, 11) is 3.34. The Balaban J connectivity index is 2.34. The molecule has 0 N–H and O–H groups in total. The van der Waals surface area contributed by atoms with Gasteiger partial charge in [0, 0.05) is 25.2 Å². The van der Waals surface area contributed by atoms with Gasteiger partial charge in [0.25, 0.3) is 0 Å². The van der Waals surface area contributed by atoms with Crippen molar-refractivity contribution in [2.24, 2.45) is 7.05 Å². The van der Waals surface area contributed by atoms with Gasteiger partial charge in [0.15, 0.2) is 0 Å². The molecule has 2 heterocycles. The summed E-state index contributed by atoms with van der Waals surface area (Å²) in [6.45, 7) is 0.747. The number of aromatic nitrogens is 2. The Bertz CT molecular complexity index is 547. The molecule has 1 aromatic rings. The first kappa shape index (κ1) is 13.3. The molecule has 0 aromatic carbocycles. The fraction of sp³-hybridized carbons (Fsp3) is 0.500. The van der Waals surface area contributed by atoms with Gasteiger partial charge in [0.1, 0.15) is 6.20 Å². The van der Waals surface area contributed by atoms with E-state index in [4.69, 9.17) is 0 Å². The van der Waals surface area contributed by atoms with Crippen LogP contribution in [0.3, 0.4) is 0 Å². The summed E-state index contributed by atoms with van der Waals surface area (Å²) in [5.74, 6) is 0.328. The van der Waals surface area contributed by atoms with E-state index in [1.807, 2.05) is 0 Å². The monoisotopic (exact) mass is 264 g/mol. The van der Waals surface area contributed by atoms with E-state index < -0.39 is 4.92 Å². The van der Waals surface area contributed by atoms with E-state index in [2.05, 4.69) is 4.98 Å². The normalized spacial score (nSPS) is 18.7. The maximum atomic E-state index is 12.1. The number of nitrogens with zero attached hydrogens (tertiary/aromatic N) is 4. The van der Waals surface area contributed by atoms with Crippen LogP contribution in [0.1, 0.15) is 25.1 Å². The average molecular weight is 264 g/mol. The van der Waals surface area contributed by atoms with E-state index in [0.717, 1.165) is 19.4 Å². The van der Waals surface area contributed by atoms with Gasteiger partial charge in [-0.25, -0.2) is 9.55 Å². The zero-order valence-electron chi connectivity index (χ0n) is 11.0. The molecule has 0 bridgehead atoms. The lowest BCUT2D eigenvalue weighted by molar-refractivity contribution is -0.391. The highest BCUT2D eigenvalue weighted by molar-refractivity contribution is 5.97. The van der Waals surface area contributed by atoms with Crippen molar-refractivity contribution < 1.29 is 9.72 Å². The predicted octanol–water partition coefficient (Wildman–Crippen LogP) is 1.35. The number of nitro groups is 1. The fourth-order valence-electron chi connectivity index (χ4n) is 2.13. The molecule has 19 heavy (non-hydrogen) atoms. The quantitative estimate of drug-likeness (QED) is 0.458. The molecule has 0 radical (unpaired) electrons. The Kier molecular flexibility index (Phi) is 3.64. The number of likely N-dealkylation sites (N-methyl/N-ethyl adjacent to an activating group) is 1. The molecular weight excluding hydrogens is 248 g/mol. The molecule has 7 nitrogen and oxygen atoms in total. The molecule has 0 unspecified atom stereocenters. The summed E-state index contributed by atoms with van der Waals surface area (Å²) in [6.07, 6.45) is 5.45. The zero-order chi connectivity index (χ0) is 14.0. The van der Waals surface area contributed by atoms with Crippen LogP contribution in [-0.4, -0.2) is 38.9 Å². The van der Waals surface area contributed by atoms with Gasteiger partial charge >= 0.3 is 5.82 Å². The van der Waals surface area contributed by atoms with Crippen LogP contribution < -0.4 is 0 Å². The number of imidazole rings is 1. The second-order valence-electron chi connectivity index (χ2n) is 4.64. The lowest BCUT2D eigenvalue weighted by atomic mass is 10.1. The third-order valence-electron chi connectivity index (χ3n) is 3.30. The van der Waals surface area contributed by atoms with Gasteiger partial charge in [-0.05, 0) is 24.2 Å². The molecule has 1 aliphatic heterocycles. The Morgan fingerprint density at radius 1 is 1.42 bits per heavy atom. The first-order chi connectivity index (χ1) is 9.00. The van der Waals surface area contributed by atoms with Gasteiger partial charge < -0.3 is 15.0 Å². The van der Waals surface area contributed by atoms with E-state index in [9.17, 15) is 14.9 Å². The number of hydrogen-bond donors (Lipinski definition) is 0. The highest BCUT2D eigenvalue weighted by Gasteiger charge is 2.21. The van der Waals surface area contributed by atoms with Crippen molar-refractivity contribution in [3.8, 4) is 0 Å². The third kappa shape index (κ3) is 2.64. The minimum absolute atomic E-state index is 0.0249. The molecule has 0 atom stereocenters. The molecule has 102 valence electrons. The van der Waals surface area contributed by atoms with Crippen molar-refractivity contribution in [2.45, 2.75) is 19.3 Å². The van der Waals surface area contributed by atoms with E-state index in [1.54, 1.807) is 25.1 Å². The lowest BCUT2D eigenvalue weighted by Crippen LogP contribution is -2.26. The smallest absolute Gasteiger partial charge is 0.342 e. The molecule has 1 amide bonds. The zero-order valence-corrected chi connectivity index (χ0v) is 11.0. The Morgan fingerprint density at radius 2 is 2.16 bits per heavy atom. The first-order valence-corrected chi connectivity index (χ1v) is 6.13. The van der Waals surface area contributed by atoms with Crippen LogP contribution in [0.2, 0.25) is 0 Å². The highest BCUT2D eigenvalue weighted by Crippen LogP contribution is 2.20. The van der Waals surface area contributed by atoms with Gasteiger partial charge in [0.2, 0.25) is 11.7 Å². The Labute approximate surface area is 110 Å². The van der Waals surface area contributed by atoms with Crippen LogP contribution >= 0.6 is 0 Å². The van der Waals surface area contributed by atoms with Gasteiger partial charge in [-0.2, -0.15) is 0 Å². The maximum Gasteiger partial charge on any atom is 0.342 e. The van der Waals surface area contributed by atoms with Crippen molar-refractivity contribution in [1.82, 2.24) is 14.5 Å². The molecule has 1 aromatic heterocycles. The topological polar surface area (TPSA) is 81.3 Å².